The highest BCUT2D eigenvalue weighted by Gasteiger charge is 2.27. The lowest BCUT2D eigenvalue weighted by atomic mass is 9.86. The Morgan fingerprint density at radius 1 is 0.780 bits per heavy atom. The summed E-state index contributed by atoms with van der Waals surface area (Å²) in [5.41, 5.74) is 1.63. The molecule has 0 aliphatic carbocycles. The first kappa shape index (κ1) is 43.9. The molecule has 0 aliphatic heterocycles. The minimum absolute atomic E-state index is 0.0924. The molecule has 0 aliphatic rings. The van der Waals surface area contributed by atoms with Gasteiger partial charge in [0.15, 0.2) is 0 Å². The summed E-state index contributed by atoms with van der Waals surface area (Å²) in [6.45, 7) is 11.1. The number of ether oxygens (including phenoxy) is 1. The van der Waals surface area contributed by atoms with Crippen LogP contribution in [-0.4, -0.2) is 42.6 Å². The van der Waals surface area contributed by atoms with Gasteiger partial charge in [0.25, 0.3) is 0 Å². The molecule has 2 amide bonds. The molecule has 0 bridgehead atoms. The summed E-state index contributed by atoms with van der Waals surface area (Å²) in [4.78, 5) is 36.8. The van der Waals surface area contributed by atoms with Crippen molar-refractivity contribution in [1.82, 2.24) is 10.6 Å². The highest BCUT2D eigenvalue weighted by molar-refractivity contribution is 5.81. The van der Waals surface area contributed by atoms with E-state index in [2.05, 4.69) is 90.5 Å². The largest absolute Gasteiger partial charge is 0.493 e. The lowest BCUT2D eigenvalue weighted by Crippen LogP contribution is -2.38. The molecule has 1 rings (SSSR count). The fraction of sp³-hybridized carbons (Fsp3) is 0.512. The van der Waals surface area contributed by atoms with Gasteiger partial charge in [0.05, 0.1) is 12.5 Å². The first-order valence-electron chi connectivity index (χ1n) is 18.4. The molecular weight excluding hydrogens is 624 g/mol. The molecule has 7 nitrogen and oxygen atoms in total. The summed E-state index contributed by atoms with van der Waals surface area (Å²) in [7, 11) is 0. The Hall–Kier alpha value is -4.13. The fourth-order valence-electron chi connectivity index (χ4n) is 4.99. The molecule has 0 spiro atoms. The minimum atomic E-state index is -0.922. The standard InChI is InChI=1S/C43H64N2O5/c1-6-7-8-9-10-11-12-13-14-15-16-17-18-19-20-21-22-23-24-26-40(46)44-32-29-38(41(47)48)30-33-45-42(49)43(4,5)31-25-34-50-39-35-36(2)27-28-37(39)3/h7-8,10-11,13-14,16-17,19-20,22-23,27-28,35,38H,6,9,12,15,18,21,24-26,29-34H2,1-5H3,(H,44,46)(H,45,49)(H,47,48)/b8-7-,11-10-,14-13-,17-16-,20-19-,23-22-. The van der Waals surface area contributed by atoms with Crippen LogP contribution in [0.5, 0.6) is 5.75 Å². The predicted molar refractivity (Wildman–Crippen MR) is 208 cm³/mol. The second kappa shape index (κ2) is 27.7. The molecular formula is C43H64N2O5. The summed E-state index contributed by atoms with van der Waals surface area (Å²) in [6.07, 6.45) is 34.5. The summed E-state index contributed by atoms with van der Waals surface area (Å²) in [5.74, 6) is -0.892. The minimum Gasteiger partial charge on any atom is -0.493 e. The summed E-state index contributed by atoms with van der Waals surface area (Å²) >= 11 is 0. The number of allylic oxidation sites excluding steroid dienone is 12. The number of hydrogen-bond acceptors (Lipinski definition) is 4. The van der Waals surface area contributed by atoms with Crippen molar-refractivity contribution in [3.05, 3.63) is 102 Å². The van der Waals surface area contributed by atoms with Gasteiger partial charge in [0.2, 0.25) is 11.8 Å². The number of carboxylic acid groups (broad SMARTS) is 1. The Balaban J connectivity index is 2.16. The first-order valence-corrected chi connectivity index (χ1v) is 18.4. The zero-order valence-corrected chi connectivity index (χ0v) is 31.4. The maximum Gasteiger partial charge on any atom is 0.306 e. The van der Waals surface area contributed by atoms with Gasteiger partial charge in [0, 0.05) is 24.9 Å². The molecule has 3 N–H and O–H groups in total. The normalized spacial score (nSPS) is 13.1. The van der Waals surface area contributed by atoms with Crippen molar-refractivity contribution in [2.45, 2.75) is 112 Å². The third-order valence-electron chi connectivity index (χ3n) is 8.24. The predicted octanol–water partition coefficient (Wildman–Crippen LogP) is 9.68. The fourth-order valence-corrected chi connectivity index (χ4v) is 4.99. The number of carboxylic acids is 1. The molecule has 1 aromatic rings. The van der Waals surface area contributed by atoms with Crippen LogP contribution in [0.2, 0.25) is 0 Å². The number of hydrogen-bond donors (Lipinski definition) is 3. The molecule has 0 heterocycles. The van der Waals surface area contributed by atoms with Crippen molar-refractivity contribution in [2.24, 2.45) is 11.3 Å². The summed E-state index contributed by atoms with van der Waals surface area (Å²) in [6, 6.07) is 6.11. The second-order valence-electron chi connectivity index (χ2n) is 13.3. The Morgan fingerprint density at radius 2 is 1.30 bits per heavy atom. The lowest BCUT2D eigenvalue weighted by molar-refractivity contribution is -0.142. The van der Waals surface area contributed by atoms with Gasteiger partial charge in [-0.15, -0.1) is 0 Å². The molecule has 0 fully saturated rings. The monoisotopic (exact) mass is 688 g/mol. The van der Waals surface area contributed by atoms with Gasteiger partial charge >= 0.3 is 5.97 Å². The average Bonchev–Trinajstić information content (AvgIpc) is 3.08. The Kier molecular flexibility index (Phi) is 24.3. The summed E-state index contributed by atoms with van der Waals surface area (Å²) in [5, 5.41) is 15.4. The van der Waals surface area contributed by atoms with Crippen molar-refractivity contribution < 1.29 is 24.2 Å². The van der Waals surface area contributed by atoms with Crippen LogP contribution in [0.4, 0.5) is 0 Å². The van der Waals surface area contributed by atoms with E-state index in [1.165, 1.54) is 0 Å². The van der Waals surface area contributed by atoms with Gasteiger partial charge in [-0.2, -0.15) is 0 Å². The van der Waals surface area contributed by atoms with E-state index in [-0.39, 0.29) is 18.4 Å². The van der Waals surface area contributed by atoms with Crippen LogP contribution in [0, 0.1) is 25.2 Å². The maximum atomic E-state index is 12.8. The second-order valence-corrected chi connectivity index (χ2v) is 13.3. The van der Waals surface area contributed by atoms with E-state index in [1.54, 1.807) is 0 Å². The molecule has 0 radical (unpaired) electrons. The Labute approximate surface area is 302 Å². The van der Waals surface area contributed by atoms with E-state index in [9.17, 15) is 19.5 Å². The van der Waals surface area contributed by atoms with Crippen LogP contribution >= 0.6 is 0 Å². The zero-order valence-electron chi connectivity index (χ0n) is 31.4. The number of aliphatic carboxylic acids is 1. The third kappa shape index (κ3) is 22.5. The first-order chi connectivity index (χ1) is 24.1. The molecule has 1 aromatic carbocycles. The Bertz CT molecular complexity index is 1300. The van der Waals surface area contributed by atoms with Crippen molar-refractivity contribution in [2.75, 3.05) is 19.7 Å². The molecule has 276 valence electrons. The molecule has 0 aromatic heterocycles. The lowest BCUT2D eigenvalue weighted by Gasteiger charge is -2.24. The van der Waals surface area contributed by atoms with Crippen molar-refractivity contribution in [3.63, 3.8) is 0 Å². The number of nitrogens with one attached hydrogen (secondary N) is 2. The van der Waals surface area contributed by atoms with Gasteiger partial charge in [-0.1, -0.05) is 106 Å². The average molecular weight is 689 g/mol. The molecule has 0 saturated heterocycles. The van der Waals surface area contributed by atoms with Crippen molar-refractivity contribution >= 4 is 17.8 Å². The number of rotatable bonds is 27. The SMILES string of the molecule is CC/C=C\C/C=C\C/C=C\C/C=C\C/C=C\C/C=C\CCC(=O)NCCC(CCNC(=O)C(C)(C)CCCOc1cc(C)ccc1C)C(=O)O. The van der Waals surface area contributed by atoms with Gasteiger partial charge < -0.3 is 20.5 Å². The Morgan fingerprint density at radius 3 is 1.84 bits per heavy atom. The van der Waals surface area contributed by atoms with Gasteiger partial charge in [-0.3, -0.25) is 14.4 Å². The highest BCUT2D eigenvalue weighted by atomic mass is 16.5. The summed E-state index contributed by atoms with van der Waals surface area (Å²) < 4.78 is 5.92. The molecule has 1 atom stereocenters. The van der Waals surface area contributed by atoms with Crippen molar-refractivity contribution in [1.29, 1.82) is 0 Å². The number of amides is 2. The van der Waals surface area contributed by atoms with Crippen LogP contribution in [0.1, 0.15) is 109 Å². The van der Waals surface area contributed by atoms with E-state index in [4.69, 9.17) is 4.74 Å². The number of benzene rings is 1. The van der Waals surface area contributed by atoms with E-state index < -0.39 is 17.3 Å². The zero-order chi connectivity index (χ0) is 36.9. The number of carbonyl (C=O) groups excluding carboxylic acids is 2. The van der Waals surface area contributed by atoms with Crippen LogP contribution < -0.4 is 15.4 Å². The van der Waals surface area contributed by atoms with E-state index in [1.807, 2.05) is 45.9 Å². The van der Waals surface area contributed by atoms with Crippen LogP contribution in [-0.2, 0) is 14.4 Å². The molecule has 50 heavy (non-hydrogen) atoms. The topological polar surface area (TPSA) is 105 Å². The highest BCUT2D eigenvalue weighted by Crippen LogP contribution is 2.24. The van der Waals surface area contributed by atoms with Gasteiger partial charge in [-0.05, 0) is 102 Å². The molecule has 1 unspecified atom stereocenters. The van der Waals surface area contributed by atoms with E-state index in [0.717, 1.165) is 61.8 Å². The van der Waals surface area contributed by atoms with Gasteiger partial charge in [-0.25, -0.2) is 0 Å². The van der Waals surface area contributed by atoms with E-state index in [0.29, 0.717) is 45.3 Å². The maximum absolute atomic E-state index is 12.8. The number of aryl methyl sites for hydroxylation is 2. The third-order valence-corrected chi connectivity index (χ3v) is 8.24. The van der Waals surface area contributed by atoms with Crippen LogP contribution in [0.3, 0.4) is 0 Å². The quantitative estimate of drug-likeness (QED) is 0.0631. The van der Waals surface area contributed by atoms with Crippen LogP contribution in [0.15, 0.2) is 91.1 Å². The smallest absolute Gasteiger partial charge is 0.306 e. The molecule has 0 saturated carbocycles. The van der Waals surface area contributed by atoms with E-state index >= 15 is 0 Å². The number of carbonyl (C=O) groups is 3. The van der Waals surface area contributed by atoms with Gasteiger partial charge in [0.1, 0.15) is 5.75 Å². The molecule has 7 heteroatoms. The van der Waals surface area contributed by atoms with Crippen molar-refractivity contribution in [3.8, 4) is 5.75 Å². The van der Waals surface area contributed by atoms with Crippen LogP contribution in [0.25, 0.3) is 0 Å².